The van der Waals surface area contributed by atoms with E-state index in [0.717, 1.165) is 62.9 Å². The van der Waals surface area contributed by atoms with Gasteiger partial charge in [-0.3, -0.25) is 4.90 Å². The molecule has 8 nitrogen and oxygen atoms in total. The van der Waals surface area contributed by atoms with Crippen LogP contribution >= 0.6 is 12.2 Å². The Bertz CT molecular complexity index is 812. The minimum atomic E-state index is 0.467. The van der Waals surface area contributed by atoms with Crippen LogP contribution < -0.4 is 20.7 Å². The van der Waals surface area contributed by atoms with Gasteiger partial charge in [-0.25, -0.2) is 4.98 Å². The summed E-state index contributed by atoms with van der Waals surface area (Å²) in [5.74, 6) is 2.01. The molecule has 0 spiro atoms. The number of hydrogen-bond acceptors (Lipinski definition) is 7. The lowest BCUT2D eigenvalue weighted by atomic mass is 10.3. The number of rotatable bonds is 9. The van der Waals surface area contributed by atoms with E-state index >= 15 is 0 Å². The summed E-state index contributed by atoms with van der Waals surface area (Å²) in [4.78, 5) is 11.3. The van der Waals surface area contributed by atoms with Gasteiger partial charge < -0.3 is 25.4 Å². The third-order valence-electron chi connectivity index (χ3n) is 4.56. The fraction of sp³-hybridized carbons (Fsp3) is 0.476. The summed E-state index contributed by atoms with van der Waals surface area (Å²) < 4.78 is 10.8. The van der Waals surface area contributed by atoms with Gasteiger partial charge in [-0.2, -0.15) is 4.98 Å². The zero-order chi connectivity index (χ0) is 21.2. The van der Waals surface area contributed by atoms with E-state index in [-0.39, 0.29) is 0 Å². The van der Waals surface area contributed by atoms with E-state index < -0.39 is 0 Å². The molecule has 0 amide bonds. The maximum absolute atomic E-state index is 5.47. The number of hydrogen-bond donors (Lipinski definition) is 3. The first-order valence-electron chi connectivity index (χ1n) is 10.3. The quantitative estimate of drug-likeness (QED) is 0.411. The highest BCUT2D eigenvalue weighted by atomic mass is 32.1. The van der Waals surface area contributed by atoms with Crippen molar-refractivity contribution >= 4 is 34.8 Å². The number of ether oxygens (including phenoxy) is 2. The Hall–Kier alpha value is -2.49. The summed E-state index contributed by atoms with van der Waals surface area (Å²) in [6.45, 7) is 10.0. The molecule has 1 fully saturated rings. The maximum Gasteiger partial charge on any atom is 0.231 e. The van der Waals surface area contributed by atoms with Gasteiger partial charge in [0.15, 0.2) is 5.11 Å². The van der Waals surface area contributed by atoms with Gasteiger partial charge in [-0.15, -0.1) is 0 Å². The average Bonchev–Trinajstić information content (AvgIpc) is 2.73. The predicted octanol–water partition coefficient (Wildman–Crippen LogP) is 2.94. The molecule has 0 aliphatic carbocycles. The first-order chi connectivity index (χ1) is 14.6. The number of aryl methyl sites for hydroxylation is 1. The van der Waals surface area contributed by atoms with E-state index in [2.05, 4.69) is 30.8 Å². The second kappa shape index (κ2) is 11.6. The van der Waals surface area contributed by atoms with Crippen molar-refractivity contribution in [2.45, 2.75) is 20.3 Å². The van der Waals surface area contributed by atoms with Gasteiger partial charge in [0, 0.05) is 37.1 Å². The van der Waals surface area contributed by atoms with Crippen molar-refractivity contribution in [1.82, 2.24) is 20.2 Å². The smallest absolute Gasteiger partial charge is 0.231 e. The molecule has 1 aromatic carbocycles. The Balaban J connectivity index is 1.47. The number of morpholine rings is 1. The van der Waals surface area contributed by atoms with E-state index in [0.29, 0.717) is 23.5 Å². The second-order valence-electron chi connectivity index (χ2n) is 6.99. The van der Waals surface area contributed by atoms with E-state index in [9.17, 15) is 0 Å². The summed E-state index contributed by atoms with van der Waals surface area (Å²) in [6.07, 6.45) is 1.01. The average molecular weight is 431 g/mol. The Morgan fingerprint density at radius 2 is 1.97 bits per heavy atom. The van der Waals surface area contributed by atoms with Gasteiger partial charge in [0.1, 0.15) is 11.6 Å². The van der Waals surface area contributed by atoms with Crippen molar-refractivity contribution in [3.8, 4) is 5.75 Å². The number of thiocarbonyl (C=S) groups is 1. The molecule has 0 radical (unpaired) electrons. The molecule has 1 saturated heterocycles. The zero-order valence-corrected chi connectivity index (χ0v) is 18.4. The molecule has 3 rings (SSSR count). The summed E-state index contributed by atoms with van der Waals surface area (Å²) in [5.41, 5.74) is 1.77. The third kappa shape index (κ3) is 7.40. The summed E-state index contributed by atoms with van der Waals surface area (Å²) in [6, 6.07) is 9.65. The van der Waals surface area contributed by atoms with Crippen LogP contribution in [0.5, 0.6) is 5.75 Å². The molecule has 0 saturated carbocycles. The lowest BCUT2D eigenvalue weighted by Gasteiger charge is -2.26. The number of nitrogens with zero attached hydrogens (tertiary/aromatic N) is 3. The molecular formula is C21H30N6O2S. The molecule has 1 aliphatic rings. The first-order valence-corrected chi connectivity index (χ1v) is 10.7. The van der Waals surface area contributed by atoms with Crippen LogP contribution in [0.2, 0.25) is 0 Å². The van der Waals surface area contributed by atoms with Crippen molar-refractivity contribution < 1.29 is 9.47 Å². The molecule has 0 atom stereocenters. The van der Waals surface area contributed by atoms with Crippen LogP contribution in [-0.2, 0) is 4.74 Å². The lowest BCUT2D eigenvalue weighted by molar-refractivity contribution is 0.0376. The van der Waals surface area contributed by atoms with E-state index in [4.69, 9.17) is 21.7 Å². The van der Waals surface area contributed by atoms with Crippen molar-refractivity contribution in [1.29, 1.82) is 0 Å². The maximum atomic E-state index is 5.47. The minimum absolute atomic E-state index is 0.467. The van der Waals surface area contributed by atoms with Gasteiger partial charge in [-0.1, -0.05) is 0 Å². The summed E-state index contributed by atoms with van der Waals surface area (Å²) in [7, 11) is 0. The fourth-order valence-corrected chi connectivity index (χ4v) is 3.31. The molecule has 1 aromatic heterocycles. The zero-order valence-electron chi connectivity index (χ0n) is 17.6. The topological polar surface area (TPSA) is 83.6 Å². The molecule has 1 aliphatic heterocycles. The van der Waals surface area contributed by atoms with Crippen LogP contribution in [-0.4, -0.2) is 66.0 Å². The first kappa shape index (κ1) is 22.2. The summed E-state index contributed by atoms with van der Waals surface area (Å²) >= 11 is 5.39. The highest BCUT2D eigenvalue weighted by molar-refractivity contribution is 7.80. The molecule has 2 heterocycles. The molecular weight excluding hydrogens is 400 g/mol. The Labute approximate surface area is 183 Å². The van der Waals surface area contributed by atoms with Crippen molar-refractivity contribution in [2.24, 2.45) is 0 Å². The Morgan fingerprint density at radius 3 is 2.70 bits per heavy atom. The predicted molar refractivity (Wildman–Crippen MR) is 124 cm³/mol. The Morgan fingerprint density at radius 1 is 1.20 bits per heavy atom. The van der Waals surface area contributed by atoms with E-state index in [1.807, 2.05) is 44.2 Å². The standard InChI is InChI=1S/C21H30N6O2S/c1-3-29-18-7-5-17(6-8-18)24-19-15-16(2)23-20(25-19)26-21(30)22-9-4-10-27-11-13-28-14-12-27/h5-8,15H,3-4,9-14H2,1-2H3,(H3,22,23,24,25,26,30). The number of aromatic nitrogens is 2. The van der Waals surface area contributed by atoms with E-state index in [1.54, 1.807) is 0 Å². The molecule has 30 heavy (non-hydrogen) atoms. The van der Waals surface area contributed by atoms with Crippen LogP contribution in [0.3, 0.4) is 0 Å². The van der Waals surface area contributed by atoms with Gasteiger partial charge >= 0.3 is 0 Å². The highest BCUT2D eigenvalue weighted by Gasteiger charge is 2.09. The van der Waals surface area contributed by atoms with Gasteiger partial charge in [-0.05, 0) is 63.3 Å². The van der Waals surface area contributed by atoms with Crippen molar-refractivity contribution in [3.05, 3.63) is 36.0 Å². The van der Waals surface area contributed by atoms with Gasteiger partial charge in [0.05, 0.1) is 19.8 Å². The number of nitrogens with one attached hydrogen (secondary N) is 3. The van der Waals surface area contributed by atoms with Gasteiger partial charge in [0.2, 0.25) is 5.95 Å². The van der Waals surface area contributed by atoms with Crippen molar-refractivity contribution in [2.75, 3.05) is 56.6 Å². The van der Waals surface area contributed by atoms with Crippen LogP contribution in [0.25, 0.3) is 0 Å². The number of anilines is 3. The monoisotopic (exact) mass is 430 g/mol. The van der Waals surface area contributed by atoms with Crippen LogP contribution in [0.4, 0.5) is 17.5 Å². The van der Waals surface area contributed by atoms with Crippen LogP contribution in [0.1, 0.15) is 19.0 Å². The molecule has 162 valence electrons. The molecule has 0 unspecified atom stereocenters. The lowest BCUT2D eigenvalue weighted by Crippen LogP contribution is -2.38. The second-order valence-corrected chi connectivity index (χ2v) is 7.40. The van der Waals surface area contributed by atoms with E-state index in [1.165, 1.54) is 0 Å². The normalized spacial score (nSPS) is 14.2. The Kier molecular flexibility index (Phi) is 8.61. The largest absolute Gasteiger partial charge is 0.494 e. The van der Waals surface area contributed by atoms with Crippen molar-refractivity contribution in [3.63, 3.8) is 0 Å². The molecule has 9 heteroatoms. The SMILES string of the molecule is CCOc1ccc(Nc2cc(C)nc(NC(=S)NCCCN3CCOCC3)n2)cc1. The highest BCUT2D eigenvalue weighted by Crippen LogP contribution is 2.20. The summed E-state index contributed by atoms with van der Waals surface area (Å²) in [5, 5.41) is 10.1. The van der Waals surface area contributed by atoms with Crippen LogP contribution in [0, 0.1) is 6.92 Å². The minimum Gasteiger partial charge on any atom is -0.494 e. The molecule has 0 bridgehead atoms. The molecule has 3 N–H and O–H groups in total. The third-order valence-corrected chi connectivity index (χ3v) is 4.80. The number of benzene rings is 1. The fourth-order valence-electron chi connectivity index (χ4n) is 3.11. The molecule has 2 aromatic rings. The van der Waals surface area contributed by atoms with Crippen LogP contribution in [0.15, 0.2) is 30.3 Å². The van der Waals surface area contributed by atoms with Gasteiger partial charge in [0.25, 0.3) is 0 Å².